The topological polar surface area (TPSA) is 0 Å². The summed E-state index contributed by atoms with van der Waals surface area (Å²) in [6, 6.07) is 0. The highest BCUT2D eigenvalue weighted by Gasteiger charge is 2.12. The van der Waals surface area contributed by atoms with Gasteiger partial charge in [-0.15, -0.1) is 0 Å². The first-order chi connectivity index (χ1) is 4.38. The zero-order valence-electron chi connectivity index (χ0n) is 5.18. The summed E-state index contributed by atoms with van der Waals surface area (Å²) in [6.45, 7) is 2.15. The summed E-state index contributed by atoms with van der Waals surface area (Å²) >= 11 is 0. The first-order valence-corrected chi connectivity index (χ1v) is 3.89. The van der Waals surface area contributed by atoms with Crippen LogP contribution in [-0.4, -0.2) is 5.29 Å². The van der Waals surface area contributed by atoms with Crippen molar-refractivity contribution in [3.63, 3.8) is 0 Å². The van der Waals surface area contributed by atoms with E-state index in [2.05, 4.69) is 31.0 Å². The Balaban J connectivity index is 2.53. The first kappa shape index (κ1) is 5.20. The van der Waals surface area contributed by atoms with E-state index in [9.17, 15) is 0 Å². The maximum Gasteiger partial charge on any atom is 0.0126 e. The van der Waals surface area contributed by atoms with Crippen molar-refractivity contribution in [2.75, 3.05) is 0 Å². The van der Waals surface area contributed by atoms with Crippen LogP contribution in [0.2, 0.25) is 0 Å². The van der Waals surface area contributed by atoms with Crippen molar-refractivity contribution in [1.82, 2.24) is 0 Å². The van der Waals surface area contributed by atoms with Crippen LogP contribution < -0.4 is 0 Å². The van der Waals surface area contributed by atoms with Crippen LogP contribution in [0.3, 0.4) is 0 Å². The van der Waals surface area contributed by atoms with E-state index in [-0.39, 0.29) is 0 Å². The van der Waals surface area contributed by atoms with E-state index in [4.69, 9.17) is 0 Å². The molecule has 1 heterocycles. The van der Waals surface area contributed by atoms with Gasteiger partial charge >= 0.3 is 0 Å². The van der Waals surface area contributed by atoms with Crippen molar-refractivity contribution in [3.05, 3.63) is 35.2 Å². The second kappa shape index (κ2) is 1.68. The second-order valence-electron chi connectivity index (χ2n) is 2.18. The molecule has 1 radical (unpaired) electrons. The Morgan fingerprint density at radius 3 is 3.11 bits per heavy atom. The SMILES string of the molecule is CC1=CC=C2[C]=CP=C12. The molecule has 0 amide bonds. The van der Waals surface area contributed by atoms with Crippen LogP contribution in [0.1, 0.15) is 6.92 Å². The number of allylic oxidation sites excluding steroid dienone is 5. The van der Waals surface area contributed by atoms with Crippen LogP contribution in [0.25, 0.3) is 0 Å². The Labute approximate surface area is 56.4 Å². The van der Waals surface area contributed by atoms with Gasteiger partial charge < -0.3 is 0 Å². The molecule has 1 aliphatic heterocycles. The maximum atomic E-state index is 3.18. The Hall–Kier alpha value is -0.610. The van der Waals surface area contributed by atoms with Crippen molar-refractivity contribution in [2.24, 2.45) is 0 Å². The molecule has 0 aromatic heterocycles. The van der Waals surface area contributed by atoms with Crippen LogP contribution in [-0.2, 0) is 0 Å². The van der Waals surface area contributed by atoms with E-state index in [0.29, 0.717) is 0 Å². The lowest BCUT2D eigenvalue weighted by Crippen LogP contribution is -1.90. The molecule has 0 bridgehead atoms. The molecule has 0 spiro atoms. The number of hydrogen-bond donors (Lipinski definition) is 0. The molecule has 1 heteroatoms. The minimum atomic E-state index is 1.29. The second-order valence-corrected chi connectivity index (χ2v) is 3.14. The fraction of sp³-hybridized carbons (Fsp3) is 0.125. The summed E-state index contributed by atoms with van der Waals surface area (Å²) in [6.07, 6.45) is 7.46. The summed E-state index contributed by atoms with van der Waals surface area (Å²) in [5, 5.41) is 1.44. The number of hydrogen-bond acceptors (Lipinski definition) is 0. The smallest absolute Gasteiger partial charge is 0.0126 e. The van der Waals surface area contributed by atoms with Crippen molar-refractivity contribution in [2.45, 2.75) is 6.92 Å². The highest BCUT2D eigenvalue weighted by molar-refractivity contribution is 7.46. The third kappa shape index (κ3) is 0.635. The van der Waals surface area contributed by atoms with E-state index in [1.807, 2.05) is 0 Å². The van der Waals surface area contributed by atoms with E-state index in [0.717, 1.165) is 0 Å². The fourth-order valence-electron chi connectivity index (χ4n) is 1.03. The van der Waals surface area contributed by atoms with Crippen LogP contribution in [0.15, 0.2) is 29.1 Å². The summed E-state index contributed by atoms with van der Waals surface area (Å²) in [5.74, 6) is 2.07. The molecule has 2 aliphatic rings. The molecule has 9 heavy (non-hydrogen) atoms. The molecule has 1 aliphatic carbocycles. The van der Waals surface area contributed by atoms with Crippen molar-refractivity contribution in [1.29, 1.82) is 0 Å². The summed E-state index contributed by atoms with van der Waals surface area (Å²) in [7, 11) is 1.32. The van der Waals surface area contributed by atoms with Crippen molar-refractivity contribution >= 4 is 13.5 Å². The molecule has 0 unspecified atom stereocenters. The van der Waals surface area contributed by atoms with Gasteiger partial charge in [0.05, 0.1) is 0 Å². The van der Waals surface area contributed by atoms with Gasteiger partial charge in [0.1, 0.15) is 0 Å². The van der Waals surface area contributed by atoms with Gasteiger partial charge in [-0.25, -0.2) is 0 Å². The van der Waals surface area contributed by atoms with Gasteiger partial charge in [0.25, 0.3) is 0 Å². The minimum Gasteiger partial charge on any atom is -0.0669 e. The lowest BCUT2D eigenvalue weighted by Gasteiger charge is -1.92. The van der Waals surface area contributed by atoms with Crippen molar-refractivity contribution < 1.29 is 0 Å². The zero-order chi connectivity index (χ0) is 6.27. The molecule has 2 rings (SSSR count). The summed E-state index contributed by atoms with van der Waals surface area (Å²) in [4.78, 5) is 0. The predicted octanol–water partition coefficient (Wildman–Crippen LogP) is 2.32. The third-order valence-corrected chi connectivity index (χ3v) is 2.65. The van der Waals surface area contributed by atoms with Crippen LogP contribution in [0.5, 0.6) is 0 Å². The molecule has 0 fully saturated rings. The monoisotopic (exact) mass is 133 g/mol. The van der Waals surface area contributed by atoms with E-state index < -0.39 is 0 Å². The maximum absolute atomic E-state index is 3.18. The van der Waals surface area contributed by atoms with Gasteiger partial charge in [-0.05, 0) is 30.0 Å². The number of fused-ring (bicyclic) bond motifs is 1. The molecule has 0 atom stereocenters. The Kier molecular flexibility index (Phi) is 0.972. The fourth-order valence-corrected chi connectivity index (χ4v) is 1.92. The van der Waals surface area contributed by atoms with Crippen molar-refractivity contribution in [3.8, 4) is 0 Å². The molecule has 43 valence electrons. The van der Waals surface area contributed by atoms with Gasteiger partial charge in [-0.1, -0.05) is 20.4 Å². The van der Waals surface area contributed by atoms with Gasteiger partial charge in [0.2, 0.25) is 0 Å². The van der Waals surface area contributed by atoms with Gasteiger partial charge in [-0.2, -0.15) is 0 Å². The number of rotatable bonds is 0. The standard InChI is InChI=1S/C8H6P/c1-6-2-3-7-4-5-9-8(6)7/h2-3,5H,1H3. The molecular formula is C8H6P. The molecule has 0 saturated heterocycles. The highest BCUT2D eigenvalue weighted by Crippen LogP contribution is 2.28. The zero-order valence-corrected chi connectivity index (χ0v) is 6.07. The lowest BCUT2D eigenvalue weighted by atomic mass is 10.2. The molecular weight excluding hydrogens is 127 g/mol. The Morgan fingerprint density at radius 1 is 1.44 bits per heavy atom. The largest absolute Gasteiger partial charge is 0.0669 e. The van der Waals surface area contributed by atoms with Gasteiger partial charge in [-0.3, -0.25) is 0 Å². The molecule has 0 nitrogen and oxygen atoms in total. The summed E-state index contributed by atoms with van der Waals surface area (Å²) in [5.41, 5.74) is 2.68. The highest BCUT2D eigenvalue weighted by atomic mass is 31.1. The molecule has 0 saturated carbocycles. The van der Waals surface area contributed by atoms with E-state index >= 15 is 0 Å². The molecule has 0 N–H and O–H groups in total. The van der Waals surface area contributed by atoms with Crippen LogP contribution in [0.4, 0.5) is 0 Å². The Bertz CT molecular complexity index is 264. The normalized spacial score (nSPS) is 23.0. The van der Waals surface area contributed by atoms with Crippen LogP contribution in [0, 0.1) is 6.08 Å². The minimum absolute atomic E-state index is 1.29. The van der Waals surface area contributed by atoms with Crippen LogP contribution >= 0.6 is 8.20 Å². The lowest BCUT2D eigenvalue weighted by molar-refractivity contribution is 1.65. The third-order valence-electron chi connectivity index (χ3n) is 1.54. The quantitative estimate of drug-likeness (QED) is 0.445. The average molecular weight is 133 g/mol. The predicted molar refractivity (Wildman–Crippen MR) is 41.6 cm³/mol. The molecule has 0 aromatic carbocycles. The van der Waals surface area contributed by atoms with E-state index in [1.165, 1.54) is 24.6 Å². The molecule has 0 aromatic rings. The first-order valence-electron chi connectivity index (χ1n) is 2.93. The average Bonchev–Trinajstić information content (AvgIpc) is 2.35. The Morgan fingerprint density at radius 2 is 2.33 bits per heavy atom. The van der Waals surface area contributed by atoms with Gasteiger partial charge in [0.15, 0.2) is 0 Å². The summed E-state index contributed by atoms with van der Waals surface area (Å²) < 4.78 is 0. The van der Waals surface area contributed by atoms with Gasteiger partial charge in [0, 0.05) is 5.29 Å². The van der Waals surface area contributed by atoms with E-state index in [1.54, 1.807) is 0 Å².